The first-order chi connectivity index (χ1) is 10.1. The van der Waals surface area contributed by atoms with Crippen LogP contribution in [0, 0.1) is 0 Å². The first-order valence-corrected chi connectivity index (χ1v) is 7.72. The quantitative estimate of drug-likeness (QED) is 0.885. The summed E-state index contributed by atoms with van der Waals surface area (Å²) in [6.45, 7) is 7.96. The molecular weight excluding hydrogens is 268 g/mol. The first-order valence-electron chi connectivity index (χ1n) is 7.72. The van der Waals surface area contributed by atoms with Gasteiger partial charge < -0.3 is 14.9 Å². The topological polar surface area (TPSA) is 56.2 Å². The highest BCUT2D eigenvalue weighted by Crippen LogP contribution is 2.31. The molecule has 2 aliphatic heterocycles. The molecule has 21 heavy (non-hydrogen) atoms. The number of rotatable bonds is 3. The number of hydrogen-bond donors (Lipinski definition) is 2. The molecule has 2 saturated heterocycles. The maximum atomic E-state index is 9.64. The first kappa shape index (κ1) is 14.6. The largest absolute Gasteiger partial charge is 0.508 e. The van der Waals surface area contributed by atoms with Gasteiger partial charge in [0.25, 0.3) is 0 Å². The molecule has 2 unspecified atom stereocenters. The van der Waals surface area contributed by atoms with Crippen LogP contribution in [0.4, 0.5) is 0 Å². The summed E-state index contributed by atoms with van der Waals surface area (Å²) in [6, 6.07) is 5.66. The van der Waals surface area contributed by atoms with Crippen molar-refractivity contribution in [3.63, 3.8) is 0 Å². The van der Waals surface area contributed by atoms with E-state index < -0.39 is 0 Å². The van der Waals surface area contributed by atoms with Crippen molar-refractivity contribution in [2.24, 2.45) is 0 Å². The summed E-state index contributed by atoms with van der Waals surface area (Å²) in [6.07, 6.45) is 1.18. The van der Waals surface area contributed by atoms with Crippen LogP contribution in [0.2, 0.25) is 0 Å². The van der Waals surface area contributed by atoms with Gasteiger partial charge in [0.1, 0.15) is 11.5 Å². The summed E-state index contributed by atoms with van der Waals surface area (Å²) in [5, 5.41) is 19.3. The molecule has 1 aromatic rings. The Morgan fingerprint density at radius 3 is 2.43 bits per heavy atom. The minimum absolute atomic E-state index is 0.126. The lowest BCUT2D eigenvalue weighted by Gasteiger charge is -2.33. The van der Waals surface area contributed by atoms with E-state index in [4.69, 9.17) is 4.74 Å². The maximum Gasteiger partial charge on any atom is 0.119 e. The monoisotopic (exact) mass is 292 g/mol. The van der Waals surface area contributed by atoms with Crippen LogP contribution in [0.1, 0.15) is 24.9 Å². The van der Waals surface area contributed by atoms with Crippen molar-refractivity contribution in [1.29, 1.82) is 0 Å². The minimum atomic E-state index is 0.126. The van der Waals surface area contributed by atoms with Crippen LogP contribution in [0.5, 0.6) is 11.5 Å². The number of hydrogen-bond acceptors (Lipinski definition) is 5. The van der Waals surface area contributed by atoms with E-state index in [1.807, 2.05) is 0 Å². The van der Waals surface area contributed by atoms with Crippen molar-refractivity contribution in [3.8, 4) is 11.5 Å². The molecule has 0 aromatic heterocycles. The van der Waals surface area contributed by atoms with Gasteiger partial charge in [-0.25, -0.2) is 0 Å². The fraction of sp³-hybridized carbons (Fsp3) is 0.625. The van der Waals surface area contributed by atoms with Crippen LogP contribution >= 0.6 is 0 Å². The molecule has 5 heteroatoms. The molecule has 0 amide bonds. The number of benzene rings is 1. The van der Waals surface area contributed by atoms with E-state index in [-0.39, 0.29) is 17.5 Å². The lowest BCUT2D eigenvalue weighted by atomic mass is 10.1. The third kappa shape index (κ3) is 3.31. The van der Waals surface area contributed by atoms with Crippen LogP contribution in [0.25, 0.3) is 0 Å². The predicted octanol–water partition coefficient (Wildman–Crippen LogP) is 1.57. The maximum absolute atomic E-state index is 9.64. The molecule has 1 aromatic carbocycles. The van der Waals surface area contributed by atoms with E-state index in [0.29, 0.717) is 6.04 Å². The number of phenols is 2. The van der Waals surface area contributed by atoms with Gasteiger partial charge in [0.15, 0.2) is 0 Å². The molecule has 0 aliphatic carbocycles. The summed E-state index contributed by atoms with van der Waals surface area (Å²) in [5.41, 5.74) is 0.968. The smallest absolute Gasteiger partial charge is 0.119 e. The highest BCUT2D eigenvalue weighted by atomic mass is 16.5. The minimum Gasteiger partial charge on any atom is -0.508 e. The van der Waals surface area contributed by atoms with Gasteiger partial charge in [-0.15, -0.1) is 0 Å². The van der Waals surface area contributed by atoms with Crippen molar-refractivity contribution in [2.45, 2.75) is 25.4 Å². The molecule has 2 N–H and O–H groups in total. The summed E-state index contributed by atoms with van der Waals surface area (Å²) in [7, 11) is 0. The van der Waals surface area contributed by atoms with Crippen molar-refractivity contribution in [1.82, 2.24) is 9.80 Å². The average molecular weight is 292 g/mol. The van der Waals surface area contributed by atoms with Crippen LogP contribution < -0.4 is 0 Å². The van der Waals surface area contributed by atoms with Gasteiger partial charge in [-0.05, 0) is 31.0 Å². The molecule has 0 saturated carbocycles. The van der Waals surface area contributed by atoms with Gasteiger partial charge in [-0.2, -0.15) is 0 Å². The lowest BCUT2D eigenvalue weighted by molar-refractivity contribution is 0.0177. The molecule has 0 radical (unpaired) electrons. The summed E-state index contributed by atoms with van der Waals surface area (Å²) in [4.78, 5) is 4.95. The van der Waals surface area contributed by atoms with E-state index >= 15 is 0 Å². The van der Waals surface area contributed by atoms with Gasteiger partial charge in [-0.3, -0.25) is 9.80 Å². The second kappa shape index (κ2) is 6.22. The van der Waals surface area contributed by atoms with Gasteiger partial charge in [0.2, 0.25) is 0 Å². The lowest BCUT2D eigenvalue weighted by Crippen LogP contribution is -2.44. The second-order valence-corrected chi connectivity index (χ2v) is 6.04. The third-order valence-electron chi connectivity index (χ3n) is 4.71. The fourth-order valence-corrected chi connectivity index (χ4v) is 3.43. The van der Waals surface area contributed by atoms with Gasteiger partial charge >= 0.3 is 0 Å². The number of aromatic hydroxyl groups is 2. The van der Waals surface area contributed by atoms with Crippen molar-refractivity contribution >= 4 is 0 Å². The molecule has 3 rings (SSSR count). The zero-order chi connectivity index (χ0) is 14.8. The van der Waals surface area contributed by atoms with Crippen LogP contribution in [0.3, 0.4) is 0 Å². The number of morpholine rings is 1. The van der Waals surface area contributed by atoms with Gasteiger partial charge in [-0.1, -0.05) is 0 Å². The second-order valence-electron chi connectivity index (χ2n) is 6.04. The normalized spacial score (nSPS) is 26.0. The molecule has 0 spiro atoms. The number of likely N-dealkylation sites (tertiary alicyclic amines) is 1. The molecule has 0 bridgehead atoms. The zero-order valence-electron chi connectivity index (χ0n) is 12.5. The van der Waals surface area contributed by atoms with E-state index in [1.54, 1.807) is 12.1 Å². The van der Waals surface area contributed by atoms with Crippen LogP contribution in [-0.4, -0.2) is 65.4 Å². The summed E-state index contributed by atoms with van der Waals surface area (Å²) >= 11 is 0. The van der Waals surface area contributed by atoms with Crippen LogP contribution in [-0.2, 0) is 4.74 Å². The van der Waals surface area contributed by atoms with Crippen molar-refractivity contribution in [3.05, 3.63) is 23.8 Å². The molecule has 2 heterocycles. The Morgan fingerprint density at radius 2 is 1.76 bits per heavy atom. The number of ether oxygens (including phenoxy) is 1. The highest BCUT2D eigenvalue weighted by Gasteiger charge is 2.31. The molecule has 5 nitrogen and oxygen atoms in total. The van der Waals surface area contributed by atoms with Gasteiger partial charge in [0.05, 0.1) is 13.2 Å². The molecule has 2 aliphatic rings. The Kier molecular flexibility index (Phi) is 4.33. The highest BCUT2D eigenvalue weighted by molar-refractivity contribution is 5.38. The third-order valence-corrected chi connectivity index (χ3v) is 4.71. The summed E-state index contributed by atoms with van der Waals surface area (Å²) < 4.78 is 5.42. The molecule has 116 valence electrons. The Balaban J connectivity index is 1.64. The van der Waals surface area contributed by atoms with Gasteiger partial charge in [0, 0.05) is 44.3 Å². The Hall–Kier alpha value is -1.30. The Morgan fingerprint density at radius 1 is 1.10 bits per heavy atom. The average Bonchev–Trinajstić information content (AvgIpc) is 2.96. The SMILES string of the molecule is CC(c1cc(O)cc(O)c1)N1CCC(N2CCOCC2)C1. The van der Waals surface area contributed by atoms with Crippen molar-refractivity contribution < 1.29 is 14.9 Å². The van der Waals surface area contributed by atoms with Crippen molar-refractivity contribution in [2.75, 3.05) is 39.4 Å². The van der Waals surface area contributed by atoms with E-state index in [0.717, 1.165) is 45.0 Å². The fourth-order valence-electron chi connectivity index (χ4n) is 3.43. The Labute approximate surface area is 125 Å². The van der Waals surface area contributed by atoms with Crippen LogP contribution in [0.15, 0.2) is 18.2 Å². The van der Waals surface area contributed by atoms with E-state index in [2.05, 4.69) is 16.7 Å². The number of nitrogens with zero attached hydrogens (tertiary/aromatic N) is 2. The molecular formula is C16H24N2O3. The number of phenolic OH excluding ortho intramolecular Hbond substituents is 2. The van der Waals surface area contributed by atoms with E-state index in [1.165, 1.54) is 12.5 Å². The Bertz CT molecular complexity index is 468. The standard InChI is InChI=1S/C16H24N2O3/c1-12(13-8-15(19)10-16(20)9-13)18-3-2-14(11-18)17-4-6-21-7-5-17/h8-10,12,14,19-20H,2-7,11H2,1H3. The predicted molar refractivity (Wildman–Crippen MR) is 80.6 cm³/mol. The summed E-state index contributed by atoms with van der Waals surface area (Å²) in [5.74, 6) is 0.251. The molecule has 2 fully saturated rings. The molecule has 2 atom stereocenters. The van der Waals surface area contributed by atoms with E-state index in [9.17, 15) is 10.2 Å². The zero-order valence-corrected chi connectivity index (χ0v) is 12.5.